The van der Waals surface area contributed by atoms with E-state index >= 15 is 0 Å². The van der Waals surface area contributed by atoms with Crippen LogP contribution in [0.1, 0.15) is 37.5 Å². The van der Waals surface area contributed by atoms with Crippen molar-refractivity contribution in [1.82, 2.24) is 0 Å². The SMILES string of the molecule is CCOc1cc(OCCO)c(C(C)(Nc2ccc(C#N)cc2)C(=O)O)cc1CC. The van der Waals surface area contributed by atoms with Crippen LogP contribution in [0, 0.1) is 11.3 Å². The van der Waals surface area contributed by atoms with E-state index in [0.717, 1.165) is 5.56 Å². The summed E-state index contributed by atoms with van der Waals surface area (Å²) in [6.45, 7) is 5.67. The van der Waals surface area contributed by atoms with Crippen molar-refractivity contribution in [3.63, 3.8) is 0 Å². The number of aliphatic carboxylic acids is 1. The van der Waals surface area contributed by atoms with E-state index in [-0.39, 0.29) is 13.2 Å². The van der Waals surface area contributed by atoms with E-state index in [9.17, 15) is 15.0 Å². The maximum absolute atomic E-state index is 12.3. The van der Waals surface area contributed by atoms with E-state index in [2.05, 4.69) is 5.32 Å². The van der Waals surface area contributed by atoms with E-state index < -0.39 is 11.5 Å². The number of hydrogen-bond donors (Lipinski definition) is 3. The normalized spacial score (nSPS) is 12.5. The van der Waals surface area contributed by atoms with Gasteiger partial charge in [0.2, 0.25) is 0 Å². The summed E-state index contributed by atoms with van der Waals surface area (Å²) in [7, 11) is 0. The van der Waals surface area contributed by atoms with Crippen LogP contribution in [0.2, 0.25) is 0 Å². The second-order valence-electron chi connectivity index (χ2n) is 6.56. The molecule has 0 saturated carbocycles. The summed E-state index contributed by atoms with van der Waals surface area (Å²) in [6, 6.07) is 12.0. The van der Waals surface area contributed by atoms with Crippen molar-refractivity contribution in [1.29, 1.82) is 5.26 Å². The number of nitrogens with one attached hydrogen (secondary N) is 1. The number of nitrogens with zero attached hydrogens (tertiary/aromatic N) is 1. The summed E-state index contributed by atoms with van der Waals surface area (Å²) in [5.74, 6) is -0.148. The van der Waals surface area contributed by atoms with Gasteiger partial charge in [-0.1, -0.05) is 6.92 Å². The number of ether oxygens (including phenoxy) is 2. The van der Waals surface area contributed by atoms with Crippen molar-refractivity contribution < 1.29 is 24.5 Å². The first-order valence-electron chi connectivity index (χ1n) is 9.45. The van der Waals surface area contributed by atoms with Crippen molar-refractivity contribution in [3.8, 4) is 17.6 Å². The molecule has 0 heterocycles. The van der Waals surface area contributed by atoms with E-state index in [4.69, 9.17) is 14.7 Å². The van der Waals surface area contributed by atoms with Crippen LogP contribution in [0.4, 0.5) is 5.69 Å². The summed E-state index contributed by atoms with van der Waals surface area (Å²) >= 11 is 0. The highest BCUT2D eigenvalue weighted by Gasteiger charge is 2.39. The lowest BCUT2D eigenvalue weighted by Gasteiger charge is -2.30. The lowest BCUT2D eigenvalue weighted by Crippen LogP contribution is -2.41. The fourth-order valence-electron chi connectivity index (χ4n) is 2.99. The Balaban J connectivity index is 2.58. The molecule has 1 atom stereocenters. The van der Waals surface area contributed by atoms with Gasteiger partial charge in [-0.3, -0.25) is 0 Å². The van der Waals surface area contributed by atoms with Crippen molar-refractivity contribution in [3.05, 3.63) is 53.1 Å². The number of anilines is 1. The predicted octanol–water partition coefficient (Wildman–Crippen LogP) is 3.30. The lowest BCUT2D eigenvalue weighted by molar-refractivity contribution is -0.142. The molecule has 154 valence electrons. The number of carboxylic acids is 1. The van der Waals surface area contributed by atoms with Gasteiger partial charge in [-0.05, 0) is 56.2 Å². The van der Waals surface area contributed by atoms with E-state index in [1.54, 1.807) is 43.3 Å². The second-order valence-corrected chi connectivity index (χ2v) is 6.56. The van der Waals surface area contributed by atoms with Crippen LogP contribution in [0.5, 0.6) is 11.5 Å². The maximum Gasteiger partial charge on any atom is 0.333 e. The van der Waals surface area contributed by atoms with E-state index in [1.807, 2.05) is 19.9 Å². The van der Waals surface area contributed by atoms with Crippen LogP contribution < -0.4 is 14.8 Å². The Bertz CT molecular complexity index is 889. The smallest absolute Gasteiger partial charge is 0.333 e. The molecule has 0 saturated heterocycles. The van der Waals surface area contributed by atoms with Crippen LogP contribution in [0.3, 0.4) is 0 Å². The minimum atomic E-state index is -1.52. The van der Waals surface area contributed by atoms with E-state index in [0.29, 0.717) is 41.3 Å². The van der Waals surface area contributed by atoms with Gasteiger partial charge in [0, 0.05) is 17.3 Å². The molecule has 1 unspecified atom stereocenters. The summed E-state index contributed by atoms with van der Waals surface area (Å²) in [6.07, 6.45) is 0.648. The lowest BCUT2D eigenvalue weighted by atomic mass is 9.88. The van der Waals surface area contributed by atoms with Crippen molar-refractivity contribution in [2.45, 2.75) is 32.7 Å². The Morgan fingerprint density at radius 2 is 1.86 bits per heavy atom. The summed E-state index contributed by atoms with van der Waals surface area (Å²) in [5, 5.41) is 31.3. The molecule has 0 aliphatic heterocycles. The number of benzene rings is 2. The van der Waals surface area contributed by atoms with Crippen LogP contribution >= 0.6 is 0 Å². The third-order valence-electron chi connectivity index (χ3n) is 4.57. The summed E-state index contributed by atoms with van der Waals surface area (Å²) in [4.78, 5) is 12.3. The number of aryl methyl sites for hydroxylation is 1. The molecule has 29 heavy (non-hydrogen) atoms. The highest BCUT2D eigenvalue weighted by molar-refractivity contribution is 5.85. The number of hydrogen-bond acceptors (Lipinski definition) is 6. The van der Waals surface area contributed by atoms with Crippen LogP contribution in [-0.4, -0.2) is 36.0 Å². The zero-order valence-electron chi connectivity index (χ0n) is 16.9. The first-order valence-corrected chi connectivity index (χ1v) is 9.45. The molecule has 7 nitrogen and oxygen atoms in total. The predicted molar refractivity (Wildman–Crippen MR) is 109 cm³/mol. The first kappa shape index (κ1) is 22.1. The molecule has 7 heteroatoms. The minimum Gasteiger partial charge on any atom is -0.493 e. The molecule has 0 bridgehead atoms. The van der Waals surface area contributed by atoms with Gasteiger partial charge in [-0.2, -0.15) is 5.26 Å². The van der Waals surface area contributed by atoms with Gasteiger partial charge in [0.15, 0.2) is 5.54 Å². The van der Waals surface area contributed by atoms with Gasteiger partial charge in [-0.15, -0.1) is 0 Å². The van der Waals surface area contributed by atoms with Gasteiger partial charge in [0.25, 0.3) is 0 Å². The molecule has 2 aromatic rings. The van der Waals surface area contributed by atoms with Crippen molar-refractivity contribution >= 4 is 11.7 Å². The van der Waals surface area contributed by atoms with Crippen molar-refractivity contribution in [2.24, 2.45) is 0 Å². The first-order chi connectivity index (χ1) is 13.9. The molecule has 0 radical (unpaired) electrons. The van der Waals surface area contributed by atoms with E-state index in [1.165, 1.54) is 0 Å². The molecule has 2 aromatic carbocycles. The van der Waals surface area contributed by atoms with Gasteiger partial charge < -0.3 is 25.0 Å². The molecule has 0 amide bonds. The summed E-state index contributed by atoms with van der Waals surface area (Å²) < 4.78 is 11.3. The monoisotopic (exact) mass is 398 g/mol. The molecule has 2 rings (SSSR count). The molecule has 0 aliphatic carbocycles. The molecule has 0 aliphatic rings. The van der Waals surface area contributed by atoms with Gasteiger partial charge in [0.05, 0.1) is 24.8 Å². The van der Waals surface area contributed by atoms with Gasteiger partial charge in [0.1, 0.15) is 18.1 Å². The van der Waals surface area contributed by atoms with Crippen LogP contribution in [0.25, 0.3) is 0 Å². The van der Waals surface area contributed by atoms with Crippen LogP contribution in [-0.2, 0) is 16.8 Å². The molecule has 0 spiro atoms. The highest BCUT2D eigenvalue weighted by Crippen LogP contribution is 2.38. The highest BCUT2D eigenvalue weighted by atomic mass is 16.5. The van der Waals surface area contributed by atoms with Crippen LogP contribution in [0.15, 0.2) is 36.4 Å². The molecule has 3 N–H and O–H groups in total. The van der Waals surface area contributed by atoms with Gasteiger partial charge in [-0.25, -0.2) is 4.79 Å². The Morgan fingerprint density at radius 1 is 1.17 bits per heavy atom. The topological polar surface area (TPSA) is 112 Å². The molecular weight excluding hydrogens is 372 g/mol. The average molecular weight is 398 g/mol. The second kappa shape index (κ2) is 9.80. The fourth-order valence-corrected chi connectivity index (χ4v) is 2.99. The number of carboxylic acid groups (broad SMARTS) is 1. The zero-order valence-corrected chi connectivity index (χ0v) is 16.9. The third-order valence-corrected chi connectivity index (χ3v) is 4.57. The molecule has 0 aromatic heterocycles. The largest absolute Gasteiger partial charge is 0.493 e. The number of carbonyl (C=O) groups is 1. The zero-order chi connectivity index (χ0) is 21.4. The average Bonchev–Trinajstić information content (AvgIpc) is 2.72. The Morgan fingerprint density at radius 3 is 2.38 bits per heavy atom. The summed E-state index contributed by atoms with van der Waals surface area (Å²) in [5.41, 5.74) is 0.784. The Labute approximate surface area is 170 Å². The fraction of sp³-hybridized carbons (Fsp3) is 0.364. The maximum atomic E-state index is 12.3. The number of aliphatic hydroxyl groups is 1. The third kappa shape index (κ3) is 4.98. The minimum absolute atomic E-state index is 0.0244. The standard InChI is InChI=1S/C22H26N2O5/c1-4-16-12-18(20(29-11-10-25)13-19(16)28-5-2)22(3,21(26)27)24-17-8-6-15(14-23)7-9-17/h6-9,12-13,24-25H,4-5,10-11H2,1-3H3,(H,26,27). The van der Waals surface area contributed by atoms with Gasteiger partial charge >= 0.3 is 5.97 Å². The Hall–Kier alpha value is -3.24. The molecule has 0 fully saturated rings. The van der Waals surface area contributed by atoms with Crippen molar-refractivity contribution in [2.75, 3.05) is 25.1 Å². The molecular formula is C22H26N2O5. The quantitative estimate of drug-likeness (QED) is 0.563. The number of rotatable bonds is 10. The number of nitriles is 1. The number of aliphatic hydroxyl groups excluding tert-OH is 1. The Kier molecular flexibility index (Phi) is 7.46.